The summed E-state index contributed by atoms with van der Waals surface area (Å²) in [7, 11) is -4.00. The molecule has 1 saturated carbocycles. The zero-order valence-electron chi connectivity index (χ0n) is 17.3. The van der Waals surface area contributed by atoms with Gasteiger partial charge in [-0.25, -0.2) is 22.0 Å². The molecule has 1 aliphatic carbocycles. The second kappa shape index (κ2) is 8.11. The Bertz CT molecular complexity index is 1130. The molecule has 0 saturated heterocycles. The molecule has 166 valence electrons. The number of hydrogen-bond acceptors (Lipinski definition) is 4. The Kier molecular flexibility index (Phi) is 5.63. The fourth-order valence-electron chi connectivity index (χ4n) is 3.85. The minimum atomic E-state index is -4.00. The maximum Gasteiger partial charge on any atom is 0.414 e. The van der Waals surface area contributed by atoms with Gasteiger partial charge in [0.2, 0.25) is 10.0 Å². The molecule has 1 heterocycles. The number of benzene rings is 2. The van der Waals surface area contributed by atoms with E-state index in [0.717, 1.165) is 19.3 Å². The predicted octanol–water partition coefficient (Wildman–Crippen LogP) is 5.21. The van der Waals surface area contributed by atoms with Crippen LogP contribution in [0.15, 0.2) is 30.3 Å². The monoisotopic (exact) mass is 450 g/mol. The quantitative estimate of drug-likeness (QED) is 0.628. The van der Waals surface area contributed by atoms with E-state index in [1.54, 1.807) is 19.1 Å². The van der Waals surface area contributed by atoms with Crippen LogP contribution in [0.5, 0.6) is 0 Å². The SMILES string of the molecule is CCCN1C(=O)OC(C)c2cc(NS(=O)(=O)Cc3ccc(C4CC4)c(F)c3F)ccc21. The maximum atomic E-state index is 14.4. The van der Waals surface area contributed by atoms with E-state index in [-0.39, 0.29) is 17.2 Å². The number of nitrogens with zero attached hydrogens (tertiary/aromatic N) is 1. The van der Waals surface area contributed by atoms with Crippen molar-refractivity contribution in [2.45, 2.75) is 50.9 Å². The van der Waals surface area contributed by atoms with Gasteiger partial charge in [0.15, 0.2) is 11.6 Å². The number of halogens is 2. The number of hydrogen-bond donors (Lipinski definition) is 1. The highest BCUT2D eigenvalue weighted by Gasteiger charge is 2.31. The second-order valence-electron chi connectivity index (χ2n) is 8.03. The Morgan fingerprint density at radius 1 is 1.13 bits per heavy atom. The van der Waals surface area contributed by atoms with Crippen LogP contribution in [0.3, 0.4) is 0 Å². The molecule has 1 N–H and O–H groups in total. The summed E-state index contributed by atoms with van der Waals surface area (Å²) in [6.07, 6.45) is 1.39. The molecular formula is C22H24F2N2O4S. The van der Waals surface area contributed by atoms with E-state index in [4.69, 9.17) is 4.74 Å². The van der Waals surface area contributed by atoms with Gasteiger partial charge in [0.25, 0.3) is 0 Å². The lowest BCUT2D eigenvalue weighted by atomic mass is 10.0. The summed E-state index contributed by atoms with van der Waals surface area (Å²) in [5.41, 5.74) is 1.68. The Balaban J connectivity index is 1.56. The zero-order valence-corrected chi connectivity index (χ0v) is 18.1. The third kappa shape index (κ3) is 4.37. The fourth-order valence-corrected chi connectivity index (χ4v) is 5.04. The highest BCUT2D eigenvalue weighted by atomic mass is 32.2. The van der Waals surface area contributed by atoms with Crippen LogP contribution in [-0.4, -0.2) is 21.1 Å². The van der Waals surface area contributed by atoms with Gasteiger partial charge in [0, 0.05) is 23.4 Å². The van der Waals surface area contributed by atoms with E-state index in [1.165, 1.54) is 23.1 Å². The van der Waals surface area contributed by atoms with Gasteiger partial charge in [-0.05, 0) is 55.9 Å². The Morgan fingerprint density at radius 2 is 1.87 bits per heavy atom. The summed E-state index contributed by atoms with van der Waals surface area (Å²) >= 11 is 0. The largest absolute Gasteiger partial charge is 0.441 e. The van der Waals surface area contributed by atoms with Gasteiger partial charge in [0.05, 0.1) is 11.4 Å². The Labute approximate surface area is 180 Å². The molecule has 2 aromatic rings. The first-order chi connectivity index (χ1) is 14.7. The van der Waals surface area contributed by atoms with Crippen LogP contribution in [0.2, 0.25) is 0 Å². The predicted molar refractivity (Wildman–Crippen MR) is 114 cm³/mol. The molecule has 0 bridgehead atoms. The molecule has 31 heavy (non-hydrogen) atoms. The van der Waals surface area contributed by atoms with E-state index in [0.29, 0.717) is 23.4 Å². The third-order valence-corrected chi connectivity index (χ3v) is 6.77. The summed E-state index contributed by atoms with van der Waals surface area (Å²) in [5, 5.41) is 0. The van der Waals surface area contributed by atoms with Crippen LogP contribution < -0.4 is 9.62 Å². The van der Waals surface area contributed by atoms with Crippen LogP contribution in [0.1, 0.15) is 61.8 Å². The van der Waals surface area contributed by atoms with E-state index in [2.05, 4.69) is 4.72 Å². The first-order valence-electron chi connectivity index (χ1n) is 10.3. The third-order valence-electron chi connectivity index (χ3n) is 5.53. The van der Waals surface area contributed by atoms with Gasteiger partial charge in [-0.15, -0.1) is 0 Å². The molecule has 1 atom stereocenters. The van der Waals surface area contributed by atoms with Crippen molar-refractivity contribution in [2.75, 3.05) is 16.2 Å². The number of fused-ring (bicyclic) bond motifs is 1. The lowest BCUT2D eigenvalue weighted by Gasteiger charge is -2.32. The van der Waals surface area contributed by atoms with E-state index in [1.807, 2.05) is 6.92 Å². The Hall–Kier alpha value is -2.68. The number of ether oxygens (including phenoxy) is 1. The van der Waals surface area contributed by atoms with Crippen LogP contribution in [-0.2, 0) is 20.5 Å². The minimum absolute atomic E-state index is 0.0251. The van der Waals surface area contributed by atoms with E-state index < -0.39 is 39.6 Å². The molecule has 0 spiro atoms. The first kappa shape index (κ1) is 21.5. The number of anilines is 2. The summed E-state index contributed by atoms with van der Waals surface area (Å²) in [5.74, 6) is -2.74. The highest BCUT2D eigenvalue weighted by molar-refractivity contribution is 7.91. The molecule has 2 aliphatic rings. The van der Waals surface area contributed by atoms with Gasteiger partial charge < -0.3 is 4.74 Å². The molecule has 2 aromatic carbocycles. The van der Waals surface area contributed by atoms with Crippen molar-refractivity contribution in [3.05, 3.63) is 58.7 Å². The van der Waals surface area contributed by atoms with E-state index >= 15 is 0 Å². The number of sulfonamides is 1. The lowest BCUT2D eigenvalue weighted by molar-refractivity contribution is 0.108. The lowest BCUT2D eigenvalue weighted by Crippen LogP contribution is -2.37. The van der Waals surface area contributed by atoms with Crippen LogP contribution in [0.25, 0.3) is 0 Å². The number of rotatable bonds is 7. The van der Waals surface area contributed by atoms with Crippen LogP contribution >= 0.6 is 0 Å². The van der Waals surface area contributed by atoms with Gasteiger partial charge in [-0.1, -0.05) is 19.1 Å². The topological polar surface area (TPSA) is 75.7 Å². The van der Waals surface area contributed by atoms with Crippen molar-refractivity contribution in [2.24, 2.45) is 0 Å². The summed E-state index contributed by atoms with van der Waals surface area (Å²) in [6, 6.07) is 7.60. The van der Waals surface area contributed by atoms with Gasteiger partial charge in [-0.2, -0.15) is 0 Å². The zero-order chi connectivity index (χ0) is 22.3. The van der Waals surface area contributed by atoms with Crippen molar-refractivity contribution < 1.29 is 26.7 Å². The summed E-state index contributed by atoms with van der Waals surface area (Å²) < 4.78 is 61.7. The molecule has 9 heteroatoms. The molecule has 1 fully saturated rings. The molecule has 0 aromatic heterocycles. The molecule has 0 radical (unpaired) electrons. The second-order valence-corrected chi connectivity index (χ2v) is 9.75. The normalized spacial score (nSPS) is 18.5. The molecule has 1 aliphatic heterocycles. The number of amides is 1. The number of carbonyl (C=O) groups excluding carboxylic acids is 1. The van der Waals surface area contributed by atoms with Crippen molar-refractivity contribution in [1.29, 1.82) is 0 Å². The number of cyclic esters (lactones) is 1. The molecule has 1 unspecified atom stereocenters. The van der Waals surface area contributed by atoms with Gasteiger partial charge in [-0.3, -0.25) is 9.62 Å². The number of carbonyl (C=O) groups is 1. The summed E-state index contributed by atoms with van der Waals surface area (Å²) in [6.45, 7) is 4.12. The number of nitrogens with one attached hydrogen (secondary N) is 1. The molecule has 1 amide bonds. The minimum Gasteiger partial charge on any atom is -0.441 e. The van der Waals surface area contributed by atoms with E-state index in [9.17, 15) is 22.0 Å². The summed E-state index contributed by atoms with van der Waals surface area (Å²) in [4.78, 5) is 13.6. The molecular weight excluding hydrogens is 426 g/mol. The van der Waals surface area contributed by atoms with Crippen molar-refractivity contribution in [3.63, 3.8) is 0 Å². The average molecular weight is 451 g/mol. The molecule has 6 nitrogen and oxygen atoms in total. The first-order valence-corrected chi connectivity index (χ1v) is 11.9. The Morgan fingerprint density at radius 3 is 2.55 bits per heavy atom. The molecule has 4 rings (SSSR count). The smallest absolute Gasteiger partial charge is 0.414 e. The standard InChI is InChI=1S/C22H24F2N2O4S/c1-3-10-26-19-9-7-16(11-18(19)13(2)30-22(26)27)25-31(28,29)12-15-6-8-17(14-4-5-14)21(24)20(15)23/h6-9,11,13-14,25H,3-5,10,12H2,1-2H3. The average Bonchev–Trinajstić information content (AvgIpc) is 3.54. The van der Waals surface area contributed by atoms with Gasteiger partial charge >= 0.3 is 6.09 Å². The van der Waals surface area contributed by atoms with Crippen molar-refractivity contribution in [3.8, 4) is 0 Å². The van der Waals surface area contributed by atoms with Crippen molar-refractivity contribution >= 4 is 27.5 Å². The van der Waals surface area contributed by atoms with Gasteiger partial charge in [0.1, 0.15) is 6.10 Å². The van der Waals surface area contributed by atoms with Crippen LogP contribution in [0.4, 0.5) is 25.0 Å². The van der Waals surface area contributed by atoms with Crippen LogP contribution in [0, 0.1) is 11.6 Å². The maximum absolute atomic E-state index is 14.4. The van der Waals surface area contributed by atoms with Crippen molar-refractivity contribution in [1.82, 2.24) is 0 Å². The fraction of sp³-hybridized carbons (Fsp3) is 0.409. The highest BCUT2D eigenvalue weighted by Crippen LogP contribution is 2.42.